The molecule has 0 unspecified atom stereocenters. The Morgan fingerprint density at radius 2 is 1.68 bits per heavy atom. The van der Waals surface area contributed by atoms with Gasteiger partial charge in [0.05, 0.1) is 0 Å². The molecule has 0 aliphatic heterocycles. The first-order valence-electron chi connectivity index (χ1n) is 9.79. The Bertz CT molecular complexity index is 937. The number of hydrogen-bond donors (Lipinski definition) is 1. The smallest absolute Gasteiger partial charge is 0.262 e. The maximum atomic E-state index is 12.3. The van der Waals surface area contributed by atoms with Crippen molar-refractivity contribution in [3.63, 3.8) is 0 Å². The highest BCUT2D eigenvalue weighted by Gasteiger charge is 2.14. The summed E-state index contributed by atoms with van der Waals surface area (Å²) in [4.78, 5) is 16.3. The molecular weight excluding hydrogens is 348 g/mol. The van der Waals surface area contributed by atoms with Gasteiger partial charge < -0.3 is 10.1 Å². The van der Waals surface area contributed by atoms with E-state index in [-0.39, 0.29) is 12.5 Å². The van der Waals surface area contributed by atoms with E-state index in [0.29, 0.717) is 0 Å². The number of ether oxygens (including phenoxy) is 1. The van der Waals surface area contributed by atoms with Crippen LogP contribution in [0.4, 0.5) is 5.69 Å². The molecule has 0 saturated carbocycles. The first-order valence-corrected chi connectivity index (χ1v) is 9.79. The summed E-state index contributed by atoms with van der Waals surface area (Å²) in [5.74, 6) is 0.704. The lowest BCUT2D eigenvalue weighted by Gasteiger charge is -2.19. The first kappa shape index (κ1) is 18.2. The standard InChI is InChI=1S/C24H24N2O2/c27-24(17-28-23-7-3-5-20-4-1-2-6-22(20)23)26-21-10-8-18(9-11-21)16-19-12-14-25-15-13-19/h3,5,7-15H,1-2,4,6,16-17H2,(H,26,27). The molecular formula is C24H24N2O2. The van der Waals surface area contributed by atoms with E-state index in [9.17, 15) is 4.79 Å². The van der Waals surface area contributed by atoms with E-state index in [1.54, 1.807) is 12.4 Å². The minimum atomic E-state index is -0.143. The van der Waals surface area contributed by atoms with E-state index in [1.165, 1.54) is 35.1 Å². The van der Waals surface area contributed by atoms with Gasteiger partial charge in [-0.2, -0.15) is 0 Å². The Kier molecular flexibility index (Phi) is 5.66. The second kappa shape index (κ2) is 8.70. The summed E-state index contributed by atoms with van der Waals surface area (Å²) in [5, 5.41) is 2.91. The van der Waals surface area contributed by atoms with Crippen molar-refractivity contribution in [1.82, 2.24) is 4.98 Å². The van der Waals surface area contributed by atoms with Crippen LogP contribution in [0.25, 0.3) is 0 Å². The van der Waals surface area contributed by atoms with Crippen LogP contribution < -0.4 is 10.1 Å². The third-order valence-corrected chi connectivity index (χ3v) is 5.11. The average Bonchev–Trinajstić information content (AvgIpc) is 2.74. The molecule has 28 heavy (non-hydrogen) atoms. The molecule has 0 fully saturated rings. The number of carbonyl (C=O) groups excluding carboxylic acids is 1. The van der Waals surface area contributed by atoms with Crippen molar-refractivity contribution in [2.75, 3.05) is 11.9 Å². The third kappa shape index (κ3) is 4.58. The summed E-state index contributed by atoms with van der Waals surface area (Å²) in [6.45, 7) is 0.0230. The van der Waals surface area contributed by atoms with Gasteiger partial charge >= 0.3 is 0 Å². The van der Waals surface area contributed by atoms with E-state index < -0.39 is 0 Å². The molecule has 1 amide bonds. The minimum absolute atomic E-state index is 0.0230. The van der Waals surface area contributed by atoms with Crippen LogP contribution in [0.5, 0.6) is 5.75 Å². The fourth-order valence-corrected chi connectivity index (χ4v) is 3.66. The lowest BCUT2D eigenvalue weighted by atomic mass is 9.91. The fraction of sp³-hybridized carbons (Fsp3) is 0.250. The van der Waals surface area contributed by atoms with Gasteiger partial charge in [0.15, 0.2) is 6.61 Å². The van der Waals surface area contributed by atoms with Crippen LogP contribution in [0.15, 0.2) is 67.0 Å². The van der Waals surface area contributed by atoms with Crippen LogP contribution in [0.3, 0.4) is 0 Å². The van der Waals surface area contributed by atoms with E-state index in [4.69, 9.17) is 4.74 Å². The number of nitrogens with one attached hydrogen (secondary N) is 1. The van der Waals surface area contributed by atoms with E-state index in [1.807, 2.05) is 48.5 Å². The first-order chi connectivity index (χ1) is 13.8. The summed E-state index contributed by atoms with van der Waals surface area (Å²) >= 11 is 0. The SMILES string of the molecule is O=C(COc1cccc2c1CCCC2)Nc1ccc(Cc2ccncc2)cc1. The molecule has 142 valence electrons. The van der Waals surface area contributed by atoms with Crippen molar-refractivity contribution in [2.24, 2.45) is 0 Å². The van der Waals surface area contributed by atoms with E-state index >= 15 is 0 Å². The highest BCUT2D eigenvalue weighted by Crippen LogP contribution is 2.29. The minimum Gasteiger partial charge on any atom is -0.483 e. The van der Waals surface area contributed by atoms with Crippen molar-refractivity contribution >= 4 is 11.6 Å². The van der Waals surface area contributed by atoms with Gasteiger partial charge in [-0.15, -0.1) is 0 Å². The predicted octanol–water partition coefficient (Wildman–Crippen LogP) is 4.57. The molecule has 0 spiro atoms. The van der Waals surface area contributed by atoms with Crippen molar-refractivity contribution < 1.29 is 9.53 Å². The van der Waals surface area contributed by atoms with Crippen molar-refractivity contribution in [1.29, 1.82) is 0 Å². The van der Waals surface area contributed by atoms with E-state index in [0.717, 1.165) is 30.7 Å². The quantitative estimate of drug-likeness (QED) is 0.690. The van der Waals surface area contributed by atoms with Crippen molar-refractivity contribution in [3.8, 4) is 5.75 Å². The maximum Gasteiger partial charge on any atom is 0.262 e. The van der Waals surface area contributed by atoms with Crippen molar-refractivity contribution in [3.05, 3.63) is 89.2 Å². The molecule has 0 saturated heterocycles. The van der Waals surface area contributed by atoms with Gasteiger partial charge in [0.2, 0.25) is 0 Å². The average molecular weight is 372 g/mol. The van der Waals surface area contributed by atoms with Gasteiger partial charge in [0, 0.05) is 18.1 Å². The number of pyridine rings is 1. The Balaban J connectivity index is 1.32. The fourth-order valence-electron chi connectivity index (χ4n) is 3.66. The summed E-state index contributed by atoms with van der Waals surface area (Å²) in [7, 11) is 0. The molecule has 0 bridgehead atoms. The number of hydrogen-bond acceptors (Lipinski definition) is 3. The molecule has 1 aliphatic carbocycles. The Morgan fingerprint density at radius 3 is 2.50 bits per heavy atom. The van der Waals surface area contributed by atoms with E-state index in [2.05, 4.69) is 16.4 Å². The van der Waals surface area contributed by atoms with Crippen LogP contribution >= 0.6 is 0 Å². The van der Waals surface area contributed by atoms with Gasteiger partial charge in [-0.25, -0.2) is 0 Å². The largest absolute Gasteiger partial charge is 0.483 e. The molecule has 1 N–H and O–H groups in total. The molecule has 2 aromatic carbocycles. The second-order valence-corrected chi connectivity index (χ2v) is 7.17. The number of fused-ring (bicyclic) bond motifs is 1. The molecule has 4 nitrogen and oxygen atoms in total. The topological polar surface area (TPSA) is 51.2 Å². The van der Waals surface area contributed by atoms with Crippen LogP contribution in [0.2, 0.25) is 0 Å². The Hall–Kier alpha value is -3.14. The van der Waals surface area contributed by atoms with Crippen LogP contribution in [-0.2, 0) is 24.1 Å². The molecule has 3 aromatic rings. The molecule has 4 heteroatoms. The predicted molar refractivity (Wildman–Crippen MR) is 111 cm³/mol. The number of aryl methyl sites for hydroxylation is 1. The van der Waals surface area contributed by atoms with Crippen molar-refractivity contribution in [2.45, 2.75) is 32.1 Å². The normalized spacial score (nSPS) is 12.9. The maximum absolute atomic E-state index is 12.3. The monoisotopic (exact) mass is 372 g/mol. The molecule has 1 aromatic heterocycles. The van der Waals surface area contributed by atoms with Gasteiger partial charge in [-0.05, 0) is 84.7 Å². The summed E-state index contributed by atoms with van der Waals surface area (Å²) in [6.07, 6.45) is 9.00. The number of carbonyl (C=O) groups is 1. The van der Waals surface area contributed by atoms with Gasteiger partial charge in [0.25, 0.3) is 5.91 Å². The molecule has 0 atom stereocenters. The number of benzene rings is 2. The lowest BCUT2D eigenvalue weighted by molar-refractivity contribution is -0.118. The molecule has 0 radical (unpaired) electrons. The van der Waals surface area contributed by atoms with Crippen LogP contribution in [0.1, 0.15) is 35.1 Å². The van der Waals surface area contributed by atoms with Crippen LogP contribution in [-0.4, -0.2) is 17.5 Å². The number of aromatic nitrogens is 1. The van der Waals surface area contributed by atoms with Crippen LogP contribution in [0, 0.1) is 0 Å². The summed E-state index contributed by atoms with van der Waals surface area (Å²) in [5.41, 5.74) is 5.81. The molecule has 1 heterocycles. The molecule has 4 rings (SSSR count). The zero-order valence-corrected chi connectivity index (χ0v) is 15.9. The zero-order chi connectivity index (χ0) is 19.2. The summed E-state index contributed by atoms with van der Waals surface area (Å²) in [6, 6.07) is 18.1. The Labute approximate surface area is 165 Å². The van der Waals surface area contributed by atoms with Gasteiger partial charge in [0.1, 0.15) is 5.75 Å². The number of nitrogens with zero attached hydrogens (tertiary/aromatic N) is 1. The Morgan fingerprint density at radius 1 is 0.929 bits per heavy atom. The highest BCUT2D eigenvalue weighted by atomic mass is 16.5. The second-order valence-electron chi connectivity index (χ2n) is 7.17. The zero-order valence-electron chi connectivity index (χ0n) is 15.9. The summed E-state index contributed by atoms with van der Waals surface area (Å²) < 4.78 is 5.82. The number of amides is 1. The third-order valence-electron chi connectivity index (χ3n) is 5.11. The lowest BCUT2D eigenvalue weighted by Crippen LogP contribution is -2.21. The number of rotatable bonds is 6. The highest BCUT2D eigenvalue weighted by molar-refractivity contribution is 5.91. The molecule has 1 aliphatic rings. The number of anilines is 1. The van der Waals surface area contributed by atoms with Gasteiger partial charge in [-0.1, -0.05) is 24.3 Å². The van der Waals surface area contributed by atoms with Gasteiger partial charge in [-0.3, -0.25) is 9.78 Å².